The number of likely N-dealkylation sites (tertiary alicyclic amines) is 1. The van der Waals surface area contributed by atoms with E-state index >= 15 is 0 Å². The van der Waals surface area contributed by atoms with Gasteiger partial charge in [-0.15, -0.1) is 0 Å². The smallest absolute Gasteiger partial charge is 0.291 e. The Morgan fingerprint density at radius 1 is 1.23 bits per heavy atom. The van der Waals surface area contributed by atoms with Crippen molar-refractivity contribution in [1.29, 1.82) is 0 Å². The van der Waals surface area contributed by atoms with Crippen LogP contribution in [0.1, 0.15) is 52.0 Å². The van der Waals surface area contributed by atoms with Gasteiger partial charge < -0.3 is 19.1 Å². The average Bonchev–Trinajstić information content (AvgIpc) is 3.25. The molecule has 1 heterocycles. The predicted molar refractivity (Wildman–Crippen MR) is 120 cm³/mol. The number of para-hydroxylation sites is 1. The van der Waals surface area contributed by atoms with E-state index < -0.39 is 11.3 Å². The van der Waals surface area contributed by atoms with Crippen LogP contribution in [0, 0.1) is 5.41 Å². The van der Waals surface area contributed by atoms with Gasteiger partial charge in [-0.2, -0.15) is 0 Å². The largest absolute Gasteiger partial charge is 0.493 e. The summed E-state index contributed by atoms with van der Waals surface area (Å²) in [5.41, 5.74) is 0.374. The zero-order valence-corrected chi connectivity index (χ0v) is 19.5. The molecule has 0 saturated carbocycles. The molecular weight excluding hydrogens is 402 g/mol. The highest BCUT2D eigenvalue weighted by molar-refractivity contribution is 7.80. The Hall–Kier alpha value is -2.15. The summed E-state index contributed by atoms with van der Waals surface area (Å²) in [5.74, 6) is 0.625. The van der Waals surface area contributed by atoms with E-state index in [2.05, 4.69) is 0 Å². The quantitative estimate of drug-likeness (QED) is 0.315. The second-order valence-electron chi connectivity index (χ2n) is 8.15. The molecule has 0 spiro atoms. The van der Waals surface area contributed by atoms with Crippen LogP contribution >= 0.6 is 12.2 Å². The van der Waals surface area contributed by atoms with Crippen molar-refractivity contribution in [3.05, 3.63) is 23.8 Å². The summed E-state index contributed by atoms with van der Waals surface area (Å²) in [6.45, 7) is 6.50. The summed E-state index contributed by atoms with van der Waals surface area (Å²) in [6, 6.07) is 5.48. The standard InChI is InChI=1S/C23H33NO5S/c1-6-23(2,3)20(25)21(26)24-14-8-12-17(24)22(30)29-15-9-11-16-10-7-13-18(27-4)19(16)28-5/h7,10,13,17H,6,8-9,11-12,14-15H2,1-5H3. The van der Waals surface area contributed by atoms with Crippen molar-refractivity contribution in [3.8, 4) is 11.5 Å². The highest BCUT2D eigenvalue weighted by atomic mass is 32.1. The van der Waals surface area contributed by atoms with Crippen LogP contribution in [-0.2, 0) is 20.7 Å². The van der Waals surface area contributed by atoms with Gasteiger partial charge in [-0.05, 0) is 56.0 Å². The molecule has 0 radical (unpaired) electrons. The van der Waals surface area contributed by atoms with E-state index in [1.165, 1.54) is 0 Å². The number of benzene rings is 1. The minimum atomic E-state index is -0.664. The molecule has 1 aromatic rings. The van der Waals surface area contributed by atoms with Gasteiger partial charge >= 0.3 is 0 Å². The number of amides is 1. The zero-order chi connectivity index (χ0) is 22.3. The van der Waals surface area contributed by atoms with Crippen molar-refractivity contribution in [3.63, 3.8) is 0 Å². The lowest BCUT2D eigenvalue weighted by molar-refractivity contribution is -0.149. The van der Waals surface area contributed by atoms with Gasteiger partial charge in [0, 0.05) is 12.0 Å². The van der Waals surface area contributed by atoms with Gasteiger partial charge in [0.25, 0.3) is 5.91 Å². The van der Waals surface area contributed by atoms with Gasteiger partial charge in [-0.25, -0.2) is 0 Å². The van der Waals surface area contributed by atoms with Crippen molar-refractivity contribution in [2.24, 2.45) is 5.41 Å². The van der Waals surface area contributed by atoms with E-state index in [4.69, 9.17) is 26.4 Å². The number of Topliss-reactive ketones (excluding diaryl/α,β-unsaturated/α-hetero) is 1. The Kier molecular flexibility index (Phi) is 8.65. The number of thiocarbonyl (C=S) groups is 1. The number of hydrogen-bond acceptors (Lipinski definition) is 6. The molecule has 1 saturated heterocycles. The lowest BCUT2D eigenvalue weighted by Gasteiger charge is -2.28. The van der Waals surface area contributed by atoms with Gasteiger partial charge in [0.1, 0.15) is 6.04 Å². The third-order valence-corrected chi connectivity index (χ3v) is 6.19. The summed E-state index contributed by atoms with van der Waals surface area (Å²) in [4.78, 5) is 26.9. The lowest BCUT2D eigenvalue weighted by Crippen LogP contribution is -2.47. The number of aryl methyl sites for hydroxylation is 1. The van der Waals surface area contributed by atoms with E-state index in [-0.39, 0.29) is 11.8 Å². The molecule has 7 heteroatoms. The van der Waals surface area contributed by atoms with Crippen molar-refractivity contribution in [2.75, 3.05) is 27.4 Å². The first-order valence-electron chi connectivity index (χ1n) is 10.5. The Bertz CT molecular complexity index is 777. The van der Waals surface area contributed by atoms with Gasteiger partial charge in [-0.3, -0.25) is 9.59 Å². The molecule has 1 aliphatic rings. The third kappa shape index (κ3) is 5.50. The van der Waals surface area contributed by atoms with Gasteiger partial charge in [0.05, 0.1) is 20.8 Å². The molecule has 0 bridgehead atoms. The monoisotopic (exact) mass is 435 g/mol. The van der Waals surface area contributed by atoms with E-state index in [1.54, 1.807) is 33.0 Å². The van der Waals surface area contributed by atoms with Crippen LogP contribution in [0.15, 0.2) is 18.2 Å². The van der Waals surface area contributed by atoms with Crippen molar-refractivity contribution in [2.45, 2.75) is 58.9 Å². The van der Waals surface area contributed by atoms with Crippen LogP contribution in [0.25, 0.3) is 0 Å². The molecule has 166 valence electrons. The highest BCUT2D eigenvalue weighted by Gasteiger charge is 2.40. The predicted octanol–water partition coefficient (Wildman–Crippen LogP) is 3.98. The van der Waals surface area contributed by atoms with Gasteiger partial charge in [0.15, 0.2) is 16.5 Å². The number of methoxy groups -OCH3 is 2. The Morgan fingerprint density at radius 3 is 2.60 bits per heavy atom. The minimum Gasteiger partial charge on any atom is -0.493 e. The Balaban J connectivity index is 1.90. The second kappa shape index (κ2) is 10.8. The van der Waals surface area contributed by atoms with Crippen molar-refractivity contribution < 1.29 is 23.8 Å². The zero-order valence-electron chi connectivity index (χ0n) is 18.7. The molecule has 30 heavy (non-hydrogen) atoms. The first kappa shape index (κ1) is 24.1. The molecule has 1 fully saturated rings. The fraction of sp³-hybridized carbons (Fsp3) is 0.609. The molecule has 0 aromatic heterocycles. The minimum absolute atomic E-state index is 0.310. The number of hydrogen-bond donors (Lipinski definition) is 0. The topological polar surface area (TPSA) is 65.1 Å². The highest BCUT2D eigenvalue weighted by Crippen LogP contribution is 2.31. The fourth-order valence-electron chi connectivity index (χ4n) is 3.52. The molecule has 1 amide bonds. The summed E-state index contributed by atoms with van der Waals surface area (Å²) in [5, 5.41) is 0.389. The maximum Gasteiger partial charge on any atom is 0.291 e. The summed E-state index contributed by atoms with van der Waals surface area (Å²) in [7, 11) is 3.24. The number of nitrogens with zero attached hydrogens (tertiary/aromatic N) is 1. The number of ether oxygens (including phenoxy) is 3. The first-order valence-corrected chi connectivity index (χ1v) is 10.9. The SMILES string of the molecule is CCC(C)(C)C(=O)C(=O)N1CCCC1C(=S)OCCCc1cccc(OC)c1OC. The van der Waals surface area contributed by atoms with E-state index in [9.17, 15) is 9.59 Å². The van der Waals surface area contributed by atoms with E-state index in [0.29, 0.717) is 30.4 Å². The maximum absolute atomic E-state index is 12.7. The summed E-state index contributed by atoms with van der Waals surface area (Å²) < 4.78 is 16.6. The normalized spacial score (nSPS) is 16.3. The van der Waals surface area contributed by atoms with Gasteiger partial charge in [0.2, 0.25) is 5.78 Å². The van der Waals surface area contributed by atoms with Crippen molar-refractivity contribution in [1.82, 2.24) is 4.90 Å². The van der Waals surface area contributed by atoms with E-state index in [1.807, 2.05) is 25.1 Å². The average molecular weight is 436 g/mol. The molecule has 1 atom stereocenters. The van der Waals surface area contributed by atoms with E-state index in [0.717, 1.165) is 37.0 Å². The molecule has 1 unspecified atom stereocenters. The first-order chi connectivity index (χ1) is 14.3. The number of rotatable bonds is 10. The summed E-state index contributed by atoms with van der Waals surface area (Å²) >= 11 is 5.46. The number of carbonyl (C=O) groups excluding carboxylic acids is 2. The van der Waals surface area contributed by atoms with Crippen molar-refractivity contribution >= 4 is 29.0 Å². The van der Waals surface area contributed by atoms with Crippen LogP contribution in [0.3, 0.4) is 0 Å². The third-order valence-electron chi connectivity index (χ3n) is 5.80. The van der Waals surface area contributed by atoms with Crippen LogP contribution in [0.5, 0.6) is 11.5 Å². The lowest BCUT2D eigenvalue weighted by atomic mass is 9.84. The van der Waals surface area contributed by atoms with Crippen LogP contribution in [0.2, 0.25) is 0 Å². The Labute approximate surface area is 184 Å². The molecule has 1 aliphatic heterocycles. The van der Waals surface area contributed by atoms with Crippen LogP contribution < -0.4 is 9.47 Å². The molecule has 6 nitrogen and oxygen atoms in total. The molecule has 1 aromatic carbocycles. The van der Waals surface area contributed by atoms with Crippen LogP contribution in [-0.4, -0.2) is 55.1 Å². The van der Waals surface area contributed by atoms with Crippen LogP contribution in [0.4, 0.5) is 0 Å². The van der Waals surface area contributed by atoms with Gasteiger partial charge in [-0.1, -0.05) is 32.9 Å². The Morgan fingerprint density at radius 2 is 1.97 bits per heavy atom. The summed E-state index contributed by atoms with van der Waals surface area (Å²) in [6.07, 6.45) is 3.66. The molecular formula is C23H33NO5S. The molecule has 0 aliphatic carbocycles. The fourth-order valence-corrected chi connectivity index (χ4v) is 3.85. The second-order valence-corrected chi connectivity index (χ2v) is 8.55. The number of ketones is 1. The maximum atomic E-state index is 12.7. The molecule has 0 N–H and O–H groups in total. The molecule has 2 rings (SSSR count). The number of carbonyl (C=O) groups is 2.